The van der Waals surface area contributed by atoms with E-state index in [1.54, 1.807) is 0 Å². The van der Waals surface area contributed by atoms with Crippen LogP contribution in [0.2, 0.25) is 78.6 Å². The van der Waals surface area contributed by atoms with Gasteiger partial charge in [0.1, 0.15) is 0 Å². The van der Waals surface area contributed by atoms with E-state index < -0.39 is 48.4 Å². The molecule has 12 aromatic rings. The van der Waals surface area contributed by atoms with Crippen molar-refractivity contribution in [2.24, 2.45) is 0 Å². The molecule has 0 atom stereocenters. The van der Waals surface area contributed by atoms with E-state index in [2.05, 4.69) is 436 Å². The van der Waals surface area contributed by atoms with Crippen LogP contribution in [0.15, 0.2) is 364 Å². The van der Waals surface area contributed by atoms with Crippen LogP contribution in [0.1, 0.15) is 66.8 Å². The van der Waals surface area contributed by atoms with Crippen LogP contribution in [0.5, 0.6) is 0 Å². The number of hydrogen-bond donors (Lipinski definition) is 0. The maximum absolute atomic E-state index is 3.93. The molecule has 0 aliphatic rings. The summed E-state index contributed by atoms with van der Waals surface area (Å²) >= 11 is 0. The summed E-state index contributed by atoms with van der Waals surface area (Å²) in [6, 6.07) is 124. The summed E-state index contributed by atoms with van der Waals surface area (Å²) in [6.45, 7) is 27.1. The van der Waals surface area contributed by atoms with E-state index in [1.807, 2.05) is 109 Å². The van der Waals surface area contributed by atoms with Crippen molar-refractivity contribution in [3.8, 4) is 68.8 Å². The molecule has 0 aliphatic heterocycles. The standard InChI is InChI=1S/3C36H32Si2.3Zn/c3*1-37(2,27-25-31-17-9-5-10-18-31)29-35(33-21-13-7-14-22-33)36(34-23-15-8-16-24-34)30-38(3,4)28-26-32-19-11-6-12-20-32;;;/h3*5-24H,1-4H3;;;/q3*-2;3*+2. The molecule has 0 bridgehead atoms. The van der Waals surface area contributed by atoms with Gasteiger partial charge in [-0.15, -0.1) is 106 Å². The van der Waals surface area contributed by atoms with Gasteiger partial charge in [-0.25, -0.2) is 0 Å². The summed E-state index contributed by atoms with van der Waals surface area (Å²) in [4.78, 5) is 0. The Labute approximate surface area is 745 Å². The Morgan fingerprint density at radius 2 is 0.248 bits per heavy atom. The molecule has 0 heterocycles. The van der Waals surface area contributed by atoms with Gasteiger partial charge in [0.15, 0.2) is 0 Å². The van der Waals surface area contributed by atoms with E-state index in [1.165, 1.54) is 0 Å². The van der Waals surface area contributed by atoms with Crippen LogP contribution in [0, 0.1) is 103 Å². The predicted octanol–water partition coefficient (Wildman–Crippen LogP) is 25.3. The molecule has 0 N–H and O–H groups in total. The predicted molar refractivity (Wildman–Crippen MR) is 503 cm³/mol. The molecule has 9 heteroatoms. The van der Waals surface area contributed by atoms with Gasteiger partial charge in [0.2, 0.25) is 0 Å². The summed E-state index contributed by atoms with van der Waals surface area (Å²) in [6.07, 6.45) is 0. The van der Waals surface area contributed by atoms with Crippen molar-refractivity contribution in [3.05, 3.63) is 465 Å². The zero-order chi connectivity index (χ0) is 80.5. The second-order valence-corrected chi connectivity index (χ2v) is 53.1. The molecule has 558 valence electrons. The third-order valence-electron chi connectivity index (χ3n) is 17.5. The van der Waals surface area contributed by atoms with Crippen molar-refractivity contribution in [3.63, 3.8) is 0 Å². The fraction of sp³-hybridized carbons (Fsp3) is 0.111. The molecule has 0 spiro atoms. The topological polar surface area (TPSA) is 0 Å². The Morgan fingerprint density at radius 1 is 0.154 bits per heavy atom. The normalized spacial score (nSPS) is 11.8. The Kier molecular flexibility index (Phi) is 37.3. The van der Waals surface area contributed by atoms with Gasteiger partial charge in [-0.3, -0.25) is 67.6 Å². The molecule has 0 unspecified atom stereocenters. The summed E-state index contributed by atoms with van der Waals surface area (Å²) < 4.78 is 0. The number of rotatable bonds is 15. The molecule has 0 fully saturated rings. The average molecular weight is 1760 g/mol. The third kappa shape index (κ3) is 32.2. The molecule has 0 nitrogen and oxygen atoms in total. The van der Waals surface area contributed by atoms with Crippen LogP contribution in [-0.2, 0) is 58.4 Å². The van der Waals surface area contributed by atoms with Crippen molar-refractivity contribution >= 4 is 81.9 Å². The van der Waals surface area contributed by atoms with E-state index in [0.29, 0.717) is 0 Å². The quantitative estimate of drug-likeness (QED) is 0.0415. The molecule has 0 saturated heterocycles. The number of allylic oxidation sites excluding steroid dienone is 6. The van der Waals surface area contributed by atoms with Crippen molar-refractivity contribution in [2.75, 3.05) is 0 Å². The van der Waals surface area contributed by atoms with E-state index in [9.17, 15) is 0 Å². The summed E-state index contributed by atoms with van der Waals surface area (Å²) in [5.41, 5.74) is 64.5. The number of benzene rings is 12. The van der Waals surface area contributed by atoms with Gasteiger partial charge in [-0.2, -0.15) is 33.4 Å². The first-order chi connectivity index (χ1) is 54.9. The van der Waals surface area contributed by atoms with Crippen molar-refractivity contribution in [1.29, 1.82) is 0 Å². The molecule has 0 amide bonds. The number of hydrogen-bond acceptors (Lipinski definition) is 0. The maximum Gasteiger partial charge on any atom is 2.00 e. The van der Waals surface area contributed by atoms with Crippen molar-refractivity contribution < 1.29 is 58.4 Å². The Bertz CT molecular complexity index is 4800. The van der Waals surface area contributed by atoms with E-state index in [0.717, 1.165) is 100 Å². The zero-order valence-electron chi connectivity index (χ0n) is 69.8. The largest absolute Gasteiger partial charge is 2.00 e. The van der Waals surface area contributed by atoms with E-state index in [-0.39, 0.29) is 58.4 Å². The van der Waals surface area contributed by atoms with Crippen LogP contribution >= 0.6 is 0 Å². The molecular formula is C108H96Si6Zn3. The Morgan fingerprint density at radius 3 is 0.350 bits per heavy atom. The molecule has 0 radical (unpaired) electrons. The minimum Gasteiger partial charge on any atom is -0.296 e. The second-order valence-electron chi connectivity index (χ2n) is 30.6. The smallest absolute Gasteiger partial charge is 0.296 e. The van der Waals surface area contributed by atoms with Gasteiger partial charge >= 0.3 is 58.4 Å². The average Bonchev–Trinajstić information content (AvgIpc) is 0.810. The van der Waals surface area contributed by atoms with Gasteiger partial charge < -0.3 is 0 Å². The van der Waals surface area contributed by atoms with Gasteiger partial charge in [-0.05, 0) is 72.8 Å². The molecule has 12 rings (SSSR count). The minimum atomic E-state index is -2.20. The van der Waals surface area contributed by atoms with Crippen LogP contribution in [0.4, 0.5) is 0 Å². The monoisotopic (exact) mass is 1750 g/mol. The van der Waals surface area contributed by atoms with Gasteiger partial charge in [0, 0.05) is 33.4 Å². The fourth-order valence-corrected chi connectivity index (χ4v) is 20.3. The molecule has 12 aromatic carbocycles. The third-order valence-corrected chi connectivity index (χ3v) is 27.3. The second kappa shape index (κ2) is 46.5. The molecule has 0 saturated carbocycles. The van der Waals surface area contributed by atoms with Crippen molar-refractivity contribution in [1.82, 2.24) is 0 Å². The van der Waals surface area contributed by atoms with E-state index in [4.69, 9.17) is 0 Å². The fourth-order valence-electron chi connectivity index (χ4n) is 11.9. The van der Waals surface area contributed by atoms with E-state index >= 15 is 0 Å². The van der Waals surface area contributed by atoms with Crippen molar-refractivity contribution in [2.45, 2.75) is 78.6 Å². The van der Waals surface area contributed by atoms with Crippen LogP contribution in [0.3, 0.4) is 0 Å². The van der Waals surface area contributed by atoms with Crippen LogP contribution in [-0.4, -0.2) is 48.4 Å². The first kappa shape index (κ1) is 93.8. The first-order valence-electron chi connectivity index (χ1n) is 38.7. The zero-order valence-corrected chi connectivity index (χ0v) is 84.7. The Balaban J connectivity index is 0.000000239. The first-order valence-corrected chi connectivity index (χ1v) is 56.7. The van der Waals surface area contributed by atoms with Gasteiger partial charge in [0.25, 0.3) is 0 Å². The maximum atomic E-state index is 3.93. The van der Waals surface area contributed by atoms with Gasteiger partial charge in [-0.1, -0.05) is 332 Å². The summed E-state index contributed by atoms with van der Waals surface area (Å²) in [5.74, 6) is 20.4. The Hall–Kier alpha value is -10.4. The van der Waals surface area contributed by atoms with Crippen LogP contribution in [0.25, 0.3) is 33.4 Å². The summed E-state index contributed by atoms with van der Waals surface area (Å²) in [7, 11) is -13.2. The molecule has 0 aromatic heterocycles. The molecule has 0 aliphatic carbocycles. The summed E-state index contributed by atoms with van der Waals surface area (Å²) in [5, 5.41) is 0. The molecular weight excluding hydrogens is 1660 g/mol. The SMILES string of the molecule is C[Si](C)(C#Cc1ccccc1)[C-]=C(C(=[C-][Si](C)(C)C#Cc1ccccc1)c1ccccc1)c1ccccc1.C[Si](C)(C#Cc1ccccc1)[C-]=C(C(=[C-][Si](C)(C)C#Cc1ccccc1)c1ccccc1)c1ccccc1.C[Si](C)(C#Cc1ccccc1)[C-]=C(C(=[C-][Si](C)(C)C#Cc1ccccc1)c1ccccc1)c1ccccc1.[Zn+2].[Zn+2].[Zn+2]. The van der Waals surface area contributed by atoms with Crippen LogP contribution < -0.4 is 0 Å². The minimum absolute atomic E-state index is 0. The molecule has 117 heavy (non-hydrogen) atoms. The van der Waals surface area contributed by atoms with Gasteiger partial charge in [0.05, 0.1) is 48.4 Å².